The van der Waals surface area contributed by atoms with Crippen LogP contribution in [0.4, 0.5) is 0 Å². The van der Waals surface area contributed by atoms with Crippen LogP contribution < -0.4 is 0 Å². The Bertz CT molecular complexity index is 216. The van der Waals surface area contributed by atoms with Gasteiger partial charge in [0.25, 0.3) is 0 Å². The van der Waals surface area contributed by atoms with Crippen LogP contribution in [-0.4, -0.2) is 66.1 Å². The molecule has 2 fully saturated rings. The lowest BCUT2D eigenvalue weighted by atomic mass is 10.5. The SMILES string of the molecule is S=C(SN1CCOCC1)N1CCOCC1. The average Bonchev–Trinajstić information content (AvgIpc) is 2.31. The third-order valence-electron chi connectivity index (χ3n) is 2.45. The molecule has 15 heavy (non-hydrogen) atoms. The number of rotatable bonds is 1. The minimum Gasteiger partial charge on any atom is -0.379 e. The number of ether oxygens (including phenoxy) is 2. The summed E-state index contributed by atoms with van der Waals surface area (Å²) in [6.45, 7) is 7.02. The highest BCUT2D eigenvalue weighted by molar-refractivity contribution is 8.21. The quantitative estimate of drug-likeness (QED) is 0.497. The Balaban J connectivity index is 1.74. The van der Waals surface area contributed by atoms with Crippen LogP contribution in [0.1, 0.15) is 0 Å². The monoisotopic (exact) mass is 248 g/mol. The van der Waals surface area contributed by atoms with Crippen LogP contribution in [0.5, 0.6) is 0 Å². The molecule has 2 aliphatic rings. The molecule has 0 unspecified atom stereocenters. The lowest BCUT2D eigenvalue weighted by Gasteiger charge is -2.32. The second-order valence-electron chi connectivity index (χ2n) is 3.50. The lowest BCUT2D eigenvalue weighted by Crippen LogP contribution is -2.41. The Hall–Kier alpha value is 0.120. The Morgan fingerprint density at radius 1 is 0.933 bits per heavy atom. The Morgan fingerprint density at radius 2 is 1.47 bits per heavy atom. The molecule has 0 aromatic rings. The molecule has 0 radical (unpaired) electrons. The molecule has 0 aliphatic carbocycles. The first kappa shape index (κ1) is 11.6. The van der Waals surface area contributed by atoms with Crippen molar-refractivity contribution in [2.24, 2.45) is 0 Å². The molecule has 0 bridgehead atoms. The van der Waals surface area contributed by atoms with Gasteiger partial charge in [0.1, 0.15) is 0 Å². The Kier molecular flexibility index (Phi) is 4.64. The van der Waals surface area contributed by atoms with Crippen LogP contribution >= 0.6 is 24.2 Å². The summed E-state index contributed by atoms with van der Waals surface area (Å²) >= 11 is 7.09. The summed E-state index contributed by atoms with van der Waals surface area (Å²) in [6.07, 6.45) is 0. The molecule has 0 spiro atoms. The predicted molar refractivity (Wildman–Crippen MR) is 65.0 cm³/mol. The van der Waals surface area contributed by atoms with E-state index in [1.807, 2.05) is 0 Å². The average molecular weight is 248 g/mol. The smallest absolute Gasteiger partial charge is 0.151 e. The molecule has 0 N–H and O–H groups in total. The Morgan fingerprint density at radius 3 is 2.07 bits per heavy atom. The third-order valence-corrected chi connectivity index (χ3v) is 3.97. The molecule has 2 heterocycles. The van der Waals surface area contributed by atoms with E-state index in [0.717, 1.165) is 56.9 Å². The third kappa shape index (κ3) is 3.57. The number of hydrogen-bond donors (Lipinski definition) is 0. The number of morpholine rings is 2. The summed E-state index contributed by atoms with van der Waals surface area (Å²) in [5.74, 6) is 0. The molecule has 2 saturated heterocycles. The first-order valence-corrected chi connectivity index (χ1v) is 6.42. The predicted octanol–water partition coefficient (Wildman–Crippen LogP) is 0.584. The van der Waals surface area contributed by atoms with Gasteiger partial charge in [0.05, 0.1) is 26.4 Å². The van der Waals surface area contributed by atoms with Crippen molar-refractivity contribution >= 4 is 28.5 Å². The van der Waals surface area contributed by atoms with Crippen LogP contribution in [0.3, 0.4) is 0 Å². The van der Waals surface area contributed by atoms with Gasteiger partial charge in [-0.25, -0.2) is 4.31 Å². The van der Waals surface area contributed by atoms with E-state index < -0.39 is 0 Å². The molecule has 0 atom stereocenters. The van der Waals surface area contributed by atoms with E-state index in [1.54, 1.807) is 11.9 Å². The van der Waals surface area contributed by atoms with E-state index in [-0.39, 0.29) is 0 Å². The molecule has 0 saturated carbocycles. The second kappa shape index (κ2) is 6.00. The largest absolute Gasteiger partial charge is 0.379 e. The molecule has 2 rings (SSSR count). The van der Waals surface area contributed by atoms with Gasteiger partial charge in [0.2, 0.25) is 0 Å². The van der Waals surface area contributed by atoms with E-state index >= 15 is 0 Å². The van der Waals surface area contributed by atoms with Crippen molar-refractivity contribution in [3.05, 3.63) is 0 Å². The fourth-order valence-corrected chi connectivity index (χ4v) is 2.90. The van der Waals surface area contributed by atoms with Crippen molar-refractivity contribution in [2.75, 3.05) is 52.6 Å². The number of nitrogens with zero attached hydrogens (tertiary/aromatic N) is 2. The summed E-state index contributed by atoms with van der Waals surface area (Å²) in [5.41, 5.74) is 0. The highest BCUT2D eigenvalue weighted by Crippen LogP contribution is 2.17. The minimum atomic E-state index is 0.795. The van der Waals surface area contributed by atoms with Gasteiger partial charge in [0, 0.05) is 26.2 Å². The molecule has 0 amide bonds. The van der Waals surface area contributed by atoms with E-state index in [2.05, 4.69) is 9.21 Å². The van der Waals surface area contributed by atoms with Gasteiger partial charge in [-0.05, 0) is 11.9 Å². The molecular weight excluding hydrogens is 232 g/mol. The van der Waals surface area contributed by atoms with Crippen molar-refractivity contribution in [1.82, 2.24) is 9.21 Å². The first-order valence-electron chi connectivity index (χ1n) is 5.23. The maximum absolute atomic E-state index is 5.41. The molecule has 4 nitrogen and oxygen atoms in total. The van der Waals surface area contributed by atoms with Crippen molar-refractivity contribution in [1.29, 1.82) is 0 Å². The van der Waals surface area contributed by atoms with Gasteiger partial charge in [0.15, 0.2) is 4.32 Å². The molecule has 6 heteroatoms. The van der Waals surface area contributed by atoms with Gasteiger partial charge in [-0.3, -0.25) is 0 Å². The van der Waals surface area contributed by atoms with Crippen LogP contribution in [0.25, 0.3) is 0 Å². The van der Waals surface area contributed by atoms with E-state index in [0.29, 0.717) is 0 Å². The van der Waals surface area contributed by atoms with E-state index in [9.17, 15) is 0 Å². The summed E-state index contributed by atoms with van der Waals surface area (Å²) in [7, 11) is 0. The van der Waals surface area contributed by atoms with Crippen molar-refractivity contribution in [2.45, 2.75) is 0 Å². The molecular formula is C9H16N2O2S2. The summed E-state index contributed by atoms with van der Waals surface area (Å²) in [4.78, 5) is 2.22. The molecule has 86 valence electrons. The van der Waals surface area contributed by atoms with Gasteiger partial charge >= 0.3 is 0 Å². The fraction of sp³-hybridized carbons (Fsp3) is 0.889. The zero-order chi connectivity index (χ0) is 10.5. The van der Waals surface area contributed by atoms with Gasteiger partial charge in [-0.15, -0.1) is 0 Å². The summed E-state index contributed by atoms with van der Waals surface area (Å²) in [5, 5.41) is 0. The van der Waals surface area contributed by atoms with Crippen LogP contribution in [0, 0.1) is 0 Å². The minimum absolute atomic E-state index is 0.795. The maximum Gasteiger partial charge on any atom is 0.151 e. The van der Waals surface area contributed by atoms with Crippen LogP contribution in [-0.2, 0) is 9.47 Å². The molecule has 2 aliphatic heterocycles. The summed E-state index contributed by atoms with van der Waals surface area (Å²) < 4.78 is 13.8. The van der Waals surface area contributed by atoms with Crippen LogP contribution in [0.2, 0.25) is 0 Å². The first-order chi connectivity index (χ1) is 7.36. The lowest BCUT2D eigenvalue weighted by molar-refractivity contribution is 0.0692. The van der Waals surface area contributed by atoms with Crippen molar-refractivity contribution in [3.8, 4) is 0 Å². The number of hydrogen-bond acceptors (Lipinski definition) is 5. The van der Waals surface area contributed by atoms with Gasteiger partial charge in [-0.1, -0.05) is 12.2 Å². The highest BCUT2D eigenvalue weighted by atomic mass is 32.2. The maximum atomic E-state index is 5.41. The van der Waals surface area contributed by atoms with E-state index in [1.165, 1.54) is 0 Å². The van der Waals surface area contributed by atoms with Crippen LogP contribution in [0.15, 0.2) is 0 Å². The number of thiocarbonyl (C=S) groups is 1. The second-order valence-corrected chi connectivity index (χ2v) is 5.23. The van der Waals surface area contributed by atoms with Crippen molar-refractivity contribution in [3.63, 3.8) is 0 Å². The zero-order valence-electron chi connectivity index (χ0n) is 8.68. The van der Waals surface area contributed by atoms with E-state index in [4.69, 9.17) is 21.7 Å². The Labute approximate surface area is 100 Å². The zero-order valence-corrected chi connectivity index (χ0v) is 10.3. The standard InChI is InChI=1S/C9H16N2O2S2/c14-9(10-1-5-12-6-2-10)15-11-3-7-13-8-4-11/h1-8H2. The topological polar surface area (TPSA) is 24.9 Å². The molecule has 0 aromatic carbocycles. The van der Waals surface area contributed by atoms with Gasteiger partial charge < -0.3 is 14.4 Å². The van der Waals surface area contributed by atoms with Crippen molar-refractivity contribution < 1.29 is 9.47 Å². The molecule has 0 aromatic heterocycles. The normalized spacial score (nSPS) is 24.1. The van der Waals surface area contributed by atoms with Gasteiger partial charge in [-0.2, -0.15) is 0 Å². The fourth-order valence-electron chi connectivity index (χ4n) is 1.55. The summed E-state index contributed by atoms with van der Waals surface area (Å²) in [6, 6.07) is 0. The highest BCUT2D eigenvalue weighted by Gasteiger charge is 2.18.